The molecule has 0 saturated carbocycles. The molecule has 12 nitrogen and oxygen atoms in total. The molecule has 4 heterocycles. The molecule has 2 bridgehead atoms. The summed E-state index contributed by atoms with van der Waals surface area (Å²) in [5, 5.41) is 16.0. The molecule has 0 unspecified atom stereocenters. The summed E-state index contributed by atoms with van der Waals surface area (Å²) in [6, 6.07) is 21.7. The van der Waals surface area contributed by atoms with Gasteiger partial charge in [0.05, 0.1) is 41.7 Å². The summed E-state index contributed by atoms with van der Waals surface area (Å²) in [4.78, 5) is 52.8. The standard InChI is InChI=1S/C37H41N7O5/c1-40-15-17-42(18-16-40)23-32(45)41(2)28-12-10-26(11-13-28)39-34(24-7-5-4-6-8-24)33-30-14-9-25(36(47)49-3)19-31(30)44(35(33)46)37(48)43-22-27-20-29(43)21-38-27/h4-14,19,27,29,38,46H,15-18,20-23H2,1-3H3/t27-,29-/m0/s1. The Bertz CT molecular complexity index is 1910. The molecule has 3 aliphatic rings. The molecular weight excluding hydrogens is 622 g/mol. The highest BCUT2D eigenvalue weighted by Crippen LogP contribution is 2.37. The SMILES string of the molecule is COC(=O)c1ccc2c(C(=Nc3ccc(N(C)C(=O)CN4CCN(C)CC4)cc3)c3ccccc3)c(O)n(C(=O)N3C[C@@H]4C[C@H]3CN4)c2c1. The molecule has 2 atom stereocenters. The van der Waals surface area contributed by atoms with E-state index in [1.54, 1.807) is 35.0 Å². The van der Waals surface area contributed by atoms with Gasteiger partial charge in [0.25, 0.3) is 0 Å². The first-order valence-electron chi connectivity index (χ1n) is 16.6. The molecular formula is C37H41N7O5. The molecule has 1 aromatic heterocycles. The number of nitrogens with one attached hydrogen (secondary N) is 1. The summed E-state index contributed by atoms with van der Waals surface area (Å²) in [5.41, 5.74) is 3.55. The van der Waals surface area contributed by atoms with E-state index in [0.29, 0.717) is 47.5 Å². The molecule has 7 rings (SSSR count). The lowest BCUT2D eigenvalue weighted by atomic mass is 10.00. The number of nitrogens with zero attached hydrogens (tertiary/aromatic N) is 6. The van der Waals surface area contributed by atoms with E-state index in [1.807, 2.05) is 54.6 Å². The van der Waals surface area contributed by atoms with Gasteiger partial charge in [-0.25, -0.2) is 19.1 Å². The van der Waals surface area contributed by atoms with Gasteiger partial charge in [-0.1, -0.05) is 36.4 Å². The average molecular weight is 664 g/mol. The number of likely N-dealkylation sites (tertiary alicyclic amines) is 1. The number of ether oxygens (including phenoxy) is 1. The monoisotopic (exact) mass is 663 g/mol. The van der Waals surface area contributed by atoms with Gasteiger partial charge < -0.3 is 29.9 Å². The Kier molecular flexibility index (Phi) is 8.93. The molecule has 3 aromatic carbocycles. The van der Waals surface area contributed by atoms with Crippen molar-refractivity contribution in [3.63, 3.8) is 0 Å². The number of hydrogen-bond donors (Lipinski definition) is 2. The molecule has 3 aliphatic heterocycles. The summed E-state index contributed by atoms with van der Waals surface area (Å²) in [6.07, 6.45) is 0.856. The highest BCUT2D eigenvalue weighted by molar-refractivity contribution is 6.23. The number of amides is 2. The molecule has 0 aliphatic carbocycles. The normalized spacial score (nSPS) is 19.8. The molecule has 0 radical (unpaired) electrons. The Balaban J connectivity index is 1.27. The number of methoxy groups -OCH3 is 1. The van der Waals surface area contributed by atoms with Crippen molar-refractivity contribution in [3.05, 3.63) is 89.5 Å². The number of esters is 1. The number of aliphatic imine (C=N–C) groups is 1. The van der Waals surface area contributed by atoms with E-state index in [2.05, 4.69) is 22.2 Å². The number of carbonyl (C=O) groups excluding carboxylic acids is 3. The minimum atomic E-state index is -0.545. The largest absolute Gasteiger partial charge is 0.494 e. The maximum atomic E-state index is 14.2. The van der Waals surface area contributed by atoms with Crippen LogP contribution in [-0.2, 0) is 9.53 Å². The first kappa shape index (κ1) is 32.5. The second-order valence-electron chi connectivity index (χ2n) is 13.1. The smallest absolute Gasteiger partial charge is 0.337 e. The van der Waals surface area contributed by atoms with Crippen molar-refractivity contribution in [2.75, 3.05) is 71.9 Å². The van der Waals surface area contributed by atoms with Crippen molar-refractivity contribution in [2.45, 2.75) is 18.5 Å². The molecule has 2 N–H and O–H groups in total. The molecule has 12 heteroatoms. The van der Waals surface area contributed by atoms with E-state index >= 15 is 0 Å². The molecule has 3 saturated heterocycles. The summed E-state index contributed by atoms with van der Waals surface area (Å²) in [7, 11) is 5.18. The molecule has 2 amide bonds. The fraction of sp³-hybridized carbons (Fsp3) is 0.351. The van der Waals surface area contributed by atoms with Crippen molar-refractivity contribution in [3.8, 4) is 5.88 Å². The molecule has 3 fully saturated rings. The van der Waals surface area contributed by atoms with E-state index in [9.17, 15) is 19.5 Å². The lowest BCUT2D eigenvalue weighted by Crippen LogP contribution is -2.48. The van der Waals surface area contributed by atoms with Crippen molar-refractivity contribution in [2.24, 2.45) is 4.99 Å². The Hall–Kier alpha value is -5.04. The third-order valence-corrected chi connectivity index (χ3v) is 9.95. The van der Waals surface area contributed by atoms with E-state index in [-0.39, 0.29) is 35.5 Å². The molecule has 49 heavy (non-hydrogen) atoms. The second-order valence-corrected chi connectivity index (χ2v) is 13.1. The molecule has 254 valence electrons. The zero-order chi connectivity index (χ0) is 34.2. The maximum Gasteiger partial charge on any atom is 0.337 e. The number of piperazine rings is 2. The minimum absolute atomic E-state index is 0.0153. The van der Waals surface area contributed by atoms with Crippen molar-refractivity contribution >= 4 is 45.9 Å². The first-order valence-corrected chi connectivity index (χ1v) is 16.6. The lowest BCUT2D eigenvalue weighted by Gasteiger charge is -2.32. The Morgan fingerprint density at radius 2 is 1.71 bits per heavy atom. The fourth-order valence-corrected chi connectivity index (χ4v) is 7.06. The van der Waals surface area contributed by atoms with E-state index in [1.165, 1.54) is 11.7 Å². The Morgan fingerprint density at radius 1 is 0.980 bits per heavy atom. The van der Waals surface area contributed by atoms with Crippen LogP contribution in [0.4, 0.5) is 16.2 Å². The van der Waals surface area contributed by atoms with Crippen LogP contribution in [0.25, 0.3) is 10.9 Å². The van der Waals surface area contributed by atoms with Crippen LogP contribution in [0.15, 0.2) is 77.8 Å². The number of aromatic hydroxyl groups is 1. The first-order chi connectivity index (χ1) is 23.7. The Labute approximate surface area is 285 Å². The molecule has 0 spiro atoms. The highest BCUT2D eigenvalue weighted by Gasteiger charge is 2.42. The quantitative estimate of drug-likeness (QED) is 0.228. The van der Waals surface area contributed by atoms with E-state index < -0.39 is 5.97 Å². The number of benzene rings is 3. The fourth-order valence-electron chi connectivity index (χ4n) is 7.06. The van der Waals surface area contributed by atoms with Crippen LogP contribution in [0.5, 0.6) is 5.88 Å². The van der Waals surface area contributed by atoms with Crippen LogP contribution >= 0.6 is 0 Å². The van der Waals surface area contributed by atoms with E-state index in [0.717, 1.165) is 43.9 Å². The topological polar surface area (TPSA) is 123 Å². The number of fused-ring (bicyclic) bond motifs is 3. The van der Waals surface area contributed by atoms with Crippen LogP contribution in [0.2, 0.25) is 0 Å². The van der Waals surface area contributed by atoms with Crippen molar-refractivity contribution in [1.82, 2.24) is 24.6 Å². The zero-order valence-electron chi connectivity index (χ0n) is 28.0. The van der Waals surface area contributed by atoms with Gasteiger partial charge in [-0.3, -0.25) is 9.69 Å². The van der Waals surface area contributed by atoms with Crippen LogP contribution in [-0.4, -0.2) is 127 Å². The summed E-state index contributed by atoms with van der Waals surface area (Å²) < 4.78 is 6.27. The molecule has 4 aromatic rings. The number of anilines is 1. The lowest BCUT2D eigenvalue weighted by molar-refractivity contribution is -0.119. The summed E-state index contributed by atoms with van der Waals surface area (Å²) in [5.74, 6) is -0.788. The minimum Gasteiger partial charge on any atom is -0.494 e. The maximum absolute atomic E-state index is 14.2. The number of rotatable bonds is 7. The van der Waals surface area contributed by atoms with Gasteiger partial charge in [-0.05, 0) is 49.9 Å². The highest BCUT2D eigenvalue weighted by atomic mass is 16.5. The van der Waals surface area contributed by atoms with Crippen LogP contribution in [0.1, 0.15) is 27.9 Å². The summed E-state index contributed by atoms with van der Waals surface area (Å²) in [6.45, 7) is 5.20. The van der Waals surface area contributed by atoms with Gasteiger partial charge in [0, 0.05) is 75.0 Å². The van der Waals surface area contributed by atoms with Crippen LogP contribution in [0.3, 0.4) is 0 Å². The Morgan fingerprint density at radius 3 is 2.37 bits per heavy atom. The third-order valence-electron chi connectivity index (χ3n) is 9.95. The van der Waals surface area contributed by atoms with Crippen LogP contribution in [0, 0.1) is 0 Å². The summed E-state index contributed by atoms with van der Waals surface area (Å²) >= 11 is 0. The number of hydrogen-bond acceptors (Lipinski definition) is 9. The number of carbonyl (C=O) groups is 3. The van der Waals surface area contributed by atoms with Gasteiger partial charge in [-0.15, -0.1) is 0 Å². The predicted octanol–water partition coefficient (Wildman–Crippen LogP) is 3.53. The number of likely N-dealkylation sites (N-methyl/N-ethyl adjacent to an activating group) is 2. The number of aromatic nitrogens is 1. The van der Waals surface area contributed by atoms with Crippen LogP contribution < -0.4 is 10.2 Å². The van der Waals surface area contributed by atoms with Gasteiger partial charge >= 0.3 is 12.0 Å². The van der Waals surface area contributed by atoms with Gasteiger partial charge in [0.15, 0.2) is 0 Å². The van der Waals surface area contributed by atoms with Gasteiger partial charge in [0.2, 0.25) is 11.8 Å². The average Bonchev–Trinajstić information content (AvgIpc) is 3.84. The van der Waals surface area contributed by atoms with Crippen molar-refractivity contribution < 1.29 is 24.2 Å². The van der Waals surface area contributed by atoms with E-state index in [4.69, 9.17) is 9.73 Å². The second kappa shape index (κ2) is 13.5. The zero-order valence-corrected chi connectivity index (χ0v) is 28.0. The predicted molar refractivity (Wildman–Crippen MR) is 188 cm³/mol. The third kappa shape index (κ3) is 6.30. The van der Waals surface area contributed by atoms with Gasteiger partial charge in [-0.2, -0.15) is 0 Å². The van der Waals surface area contributed by atoms with Crippen molar-refractivity contribution in [1.29, 1.82) is 0 Å². The van der Waals surface area contributed by atoms with Gasteiger partial charge in [0.1, 0.15) is 0 Å².